The average Bonchev–Trinajstić information content (AvgIpc) is 2.48. The summed E-state index contributed by atoms with van der Waals surface area (Å²) in [5.41, 5.74) is 0. The van der Waals surface area contributed by atoms with E-state index in [4.69, 9.17) is 0 Å². The molecular formula is C7H14N2O. The van der Waals surface area contributed by atoms with Gasteiger partial charge < -0.3 is 0 Å². The van der Waals surface area contributed by atoms with Gasteiger partial charge in [0.2, 0.25) is 0 Å². The summed E-state index contributed by atoms with van der Waals surface area (Å²) >= 11 is 0. The lowest BCUT2D eigenvalue weighted by molar-refractivity contribution is -0.111. The van der Waals surface area contributed by atoms with Crippen molar-refractivity contribution >= 4 is 18.5 Å². The Morgan fingerprint density at radius 3 is 1.80 bits per heavy atom. The summed E-state index contributed by atoms with van der Waals surface area (Å²) in [6.45, 7) is 8.00. The molecule has 3 nitrogen and oxygen atoms in total. The van der Waals surface area contributed by atoms with Gasteiger partial charge in [-0.3, -0.25) is 4.79 Å². The van der Waals surface area contributed by atoms with Crippen LogP contribution in [0.5, 0.6) is 0 Å². The number of aliphatic imine (C=N–C) groups is 2. The van der Waals surface area contributed by atoms with Crippen LogP contribution in [0.4, 0.5) is 0 Å². The van der Waals surface area contributed by atoms with E-state index in [2.05, 4.69) is 9.98 Å². The Balaban J connectivity index is 0. The van der Waals surface area contributed by atoms with Crippen LogP contribution in [0.2, 0.25) is 0 Å². The third-order valence-corrected chi connectivity index (χ3v) is 0.437. The summed E-state index contributed by atoms with van der Waals surface area (Å²) < 4.78 is 0. The SMILES string of the molecule is CC.CC.O=C1C=NC=N1. The lowest BCUT2D eigenvalue weighted by atomic mass is 10.7. The summed E-state index contributed by atoms with van der Waals surface area (Å²) in [7, 11) is 0. The molecule has 0 aromatic heterocycles. The molecule has 10 heavy (non-hydrogen) atoms. The molecular weight excluding hydrogens is 128 g/mol. The Morgan fingerprint density at radius 1 is 1.20 bits per heavy atom. The maximum atomic E-state index is 9.90. The van der Waals surface area contributed by atoms with Gasteiger partial charge in [-0.1, -0.05) is 27.7 Å². The smallest absolute Gasteiger partial charge is 0.266 e. The molecule has 0 fully saturated rings. The van der Waals surface area contributed by atoms with Crippen molar-refractivity contribution in [3.63, 3.8) is 0 Å². The first-order valence-corrected chi connectivity index (χ1v) is 3.49. The fourth-order valence-corrected chi connectivity index (χ4v) is 0.221. The van der Waals surface area contributed by atoms with Gasteiger partial charge in [-0.05, 0) is 0 Å². The summed E-state index contributed by atoms with van der Waals surface area (Å²) in [4.78, 5) is 16.5. The van der Waals surface area contributed by atoms with Gasteiger partial charge in [0.25, 0.3) is 5.91 Å². The van der Waals surface area contributed by atoms with Gasteiger partial charge in [-0.15, -0.1) is 0 Å². The molecule has 0 atom stereocenters. The van der Waals surface area contributed by atoms with Crippen molar-refractivity contribution in [1.82, 2.24) is 0 Å². The van der Waals surface area contributed by atoms with Crippen LogP contribution in [0.3, 0.4) is 0 Å². The number of carbonyl (C=O) groups is 1. The summed E-state index contributed by atoms with van der Waals surface area (Å²) in [6.07, 6.45) is 2.39. The van der Waals surface area contributed by atoms with Crippen molar-refractivity contribution in [3.05, 3.63) is 0 Å². The van der Waals surface area contributed by atoms with Crippen LogP contribution in [-0.2, 0) is 4.79 Å². The minimum Gasteiger partial charge on any atom is -0.266 e. The first-order valence-electron chi connectivity index (χ1n) is 3.49. The van der Waals surface area contributed by atoms with Gasteiger partial charge in [0.05, 0.1) is 6.21 Å². The van der Waals surface area contributed by atoms with Crippen molar-refractivity contribution in [2.45, 2.75) is 27.7 Å². The zero-order chi connectivity index (χ0) is 8.41. The van der Waals surface area contributed by atoms with Gasteiger partial charge in [0, 0.05) is 0 Å². The predicted molar refractivity (Wildman–Crippen MR) is 44.7 cm³/mol. The largest absolute Gasteiger partial charge is 0.289 e. The first-order chi connectivity index (χ1) is 4.89. The Morgan fingerprint density at radius 2 is 1.70 bits per heavy atom. The van der Waals surface area contributed by atoms with Gasteiger partial charge in [0.1, 0.15) is 6.34 Å². The van der Waals surface area contributed by atoms with E-state index < -0.39 is 0 Å². The van der Waals surface area contributed by atoms with Crippen LogP contribution in [0.25, 0.3) is 0 Å². The van der Waals surface area contributed by atoms with Crippen LogP contribution >= 0.6 is 0 Å². The van der Waals surface area contributed by atoms with Crippen LogP contribution in [0, 0.1) is 0 Å². The molecule has 0 aliphatic carbocycles. The second-order valence-corrected chi connectivity index (χ2v) is 0.861. The number of hydrogen-bond acceptors (Lipinski definition) is 2. The summed E-state index contributed by atoms with van der Waals surface area (Å²) in [6, 6.07) is 0. The van der Waals surface area contributed by atoms with E-state index in [1.165, 1.54) is 12.6 Å². The zero-order valence-electron chi connectivity index (χ0n) is 6.96. The molecule has 0 saturated carbocycles. The molecule has 3 heteroatoms. The van der Waals surface area contributed by atoms with Gasteiger partial charge in [-0.25, -0.2) is 4.99 Å². The topological polar surface area (TPSA) is 41.8 Å². The fraction of sp³-hybridized carbons (Fsp3) is 0.571. The van der Waals surface area contributed by atoms with Crippen molar-refractivity contribution in [2.75, 3.05) is 0 Å². The van der Waals surface area contributed by atoms with E-state index in [0.29, 0.717) is 0 Å². The van der Waals surface area contributed by atoms with E-state index in [0.717, 1.165) is 0 Å². The normalized spacial score (nSPS) is 11.4. The number of rotatable bonds is 0. The highest BCUT2D eigenvalue weighted by Crippen LogP contribution is 1.75. The minimum absolute atomic E-state index is 0.269. The Labute approximate surface area is 61.9 Å². The molecule has 0 unspecified atom stereocenters. The predicted octanol–water partition coefficient (Wildman–Crippen LogP) is 1.68. The third-order valence-electron chi connectivity index (χ3n) is 0.437. The fourth-order valence-electron chi connectivity index (χ4n) is 0.221. The van der Waals surface area contributed by atoms with Crippen LogP contribution in [0.15, 0.2) is 9.98 Å². The molecule has 0 aromatic carbocycles. The lowest BCUT2D eigenvalue weighted by Gasteiger charge is -1.59. The second kappa shape index (κ2) is 10.9. The molecule has 1 amide bonds. The monoisotopic (exact) mass is 142 g/mol. The molecule has 0 N–H and O–H groups in total. The van der Waals surface area contributed by atoms with Crippen molar-refractivity contribution in [2.24, 2.45) is 9.98 Å². The summed E-state index contributed by atoms with van der Waals surface area (Å²) in [5, 5.41) is 0. The third kappa shape index (κ3) is 7.01. The highest BCUT2D eigenvalue weighted by atomic mass is 16.1. The zero-order valence-corrected chi connectivity index (χ0v) is 6.96. The first kappa shape index (κ1) is 11.8. The molecule has 0 spiro atoms. The lowest BCUT2D eigenvalue weighted by Crippen LogP contribution is -1.84. The molecule has 1 rings (SSSR count). The standard InChI is InChI=1S/C3H2N2O.2C2H6/c6-3-1-4-2-5-3;2*1-2/h1-2H;2*1-2H3. The minimum atomic E-state index is -0.269. The molecule has 1 heterocycles. The van der Waals surface area contributed by atoms with Crippen LogP contribution in [-0.4, -0.2) is 18.5 Å². The van der Waals surface area contributed by atoms with Gasteiger partial charge in [0.15, 0.2) is 0 Å². The van der Waals surface area contributed by atoms with Crippen LogP contribution in [0.1, 0.15) is 27.7 Å². The molecule has 0 aromatic rings. The Bertz CT molecular complexity index is 114. The number of hydrogen-bond donors (Lipinski definition) is 0. The Kier molecular flexibility index (Phi) is 12.8. The molecule has 58 valence electrons. The molecule has 1 aliphatic rings. The van der Waals surface area contributed by atoms with E-state index in [1.54, 1.807) is 0 Å². The van der Waals surface area contributed by atoms with E-state index in [9.17, 15) is 4.79 Å². The van der Waals surface area contributed by atoms with Gasteiger partial charge >= 0.3 is 0 Å². The van der Waals surface area contributed by atoms with E-state index >= 15 is 0 Å². The second-order valence-electron chi connectivity index (χ2n) is 0.861. The number of nitrogens with zero attached hydrogens (tertiary/aromatic N) is 2. The van der Waals surface area contributed by atoms with Crippen LogP contribution < -0.4 is 0 Å². The van der Waals surface area contributed by atoms with Crippen molar-refractivity contribution in [1.29, 1.82) is 0 Å². The van der Waals surface area contributed by atoms with Gasteiger partial charge in [-0.2, -0.15) is 4.99 Å². The van der Waals surface area contributed by atoms with Crippen molar-refractivity contribution in [3.8, 4) is 0 Å². The quantitative estimate of drug-likeness (QED) is 0.507. The van der Waals surface area contributed by atoms with E-state index in [1.807, 2.05) is 27.7 Å². The Hall–Kier alpha value is -0.990. The summed E-state index contributed by atoms with van der Waals surface area (Å²) in [5.74, 6) is -0.269. The average molecular weight is 142 g/mol. The molecule has 1 aliphatic heterocycles. The molecule has 0 radical (unpaired) electrons. The van der Waals surface area contributed by atoms with E-state index in [-0.39, 0.29) is 5.91 Å². The number of amides is 1. The van der Waals surface area contributed by atoms with Crippen molar-refractivity contribution < 1.29 is 4.79 Å². The molecule has 0 bridgehead atoms. The highest BCUT2D eigenvalue weighted by molar-refractivity contribution is 6.32. The maximum absolute atomic E-state index is 9.90. The molecule has 0 saturated heterocycles. The maximum Gasteiger partial charge on any atom is 0.289 e. The highest BCUT2D eigenvalue weighted by Gasteiger charge is 1.91. The number of carbonyl (C=O) groups excluding carboxylic acids is 1.